The molecule has 0 heterocycles. The summed E-state index contributed by atoms with van der Waals surface area (Å²) in [5, 5.41) is 45.4. The van der Waals surface area contributed by atoms with E-state index in [0.29, 0.717) is 7.11 Å². The molecule has 4 N–H and O–H groups in total. The quantitative estimate of drug-likeness (QED) is 0.0850. The lowest BCUT2D eigenvalue weighted by molar-refractivity contribution is -0.730. The summed E-state index contributed by atoms with van der Waals surface area (Å²) in [6, 6.07) is 0. The molecule has 152 valence electrons. The van der Waals surface area contributed by atoms with Gasteiger partial charge in [0.15, 0.2) is 0 Å². The van der Waals surface area contributed by atoms with Crippen molar-refractivity contribution in [2.45, 2.75) is 10.5 Å². The smallest absolute Gasteiger partial charge is 0.351 e. The molecule has 0 radical (unpaired) electrons. The average Bonchev–Trinajstić information content (AvgIpc) is 2.48. The number of hydrogen-bond acceptors (Lipinski definition) is 12. The summed E-state index contributed by atoms with van der Waals surface area (Å²) < 4.78 is 68.7. The Bertz CT molecular complexity index is 995. The first kappa shape index (κ1) is 22.0. The lowest BCUT2D eigenvalue weighted by Crippen LogP contribution is -2.58. The number of esters is 1. The monoisotopic (exact) mass is 435 g/mol. The first-order valence-corrected chi connectivity index (χ1v) is 9.03. The molecule has 17 nitrogen and oxygen atoms in total. The number of nitrogens with zero attached hydrogens (tertiary/aromatic N) is 3. The molecule has 27 heavy (non-hydrogen) atoms. The fourth-order valence-corrected chi connectivity index (χ4v) is 4.42. The van der Waals surface area contributed by atoms with E-state index >= 15 is 0 Å². The molecule has 2 atom stereocenters. The van der Waals surface area contributed by atoms with Crippen molar-refractivity contribution in [1.82, 2.24) is 0 Å². The van der Waals surface area contributed by atoms with Crippen LogP contribution >= 0.6 is 0 Å². The normalized spacial score (nSPS) is 25.0. The number of hydrogen-bond donors (Lipinski definition) is 4. The third kappa shape index (κ3) is 3.89. The predicted molar refractivity (Wildman–Crippen MR) is 77.6 cm³/mol. The van der Waals surface area contributed by atoms with Crippen molar-refractivity contribution in [3.05, 3.63) is 31.8 Å². The third-order valence-electron chi connectivity index (χ3n) is 3.16. The molecule has 1 aliphatic carbocycles. The molecule has 1 rings (SSSR count). The highest BCUT2D eigenvalue weighted by atomic mass is 32.2. The third-order valence-corrected chi connectivity index (χ3v) is 5.28. The van der Waals surface area contributed by atoms with E-state index in [1.54, 1.807) is 0 Å². The Kier molecular flexibility index (Phi) is 5.66. The molecule has 0 fully saturated rings. The Morgan fingerprint density at radius 2 is 1.44 bits per heavy atom. The van der Waals surface area contributed by atoms with Crippen LogP contribution < -0.4 is 0 Å². The molecule has 1 aliphatic rings. The first-order chi connectivity index (χ1) is 12.1. The lowest BCUT2D eigenvalue weighted by atomic mass is 9.91. The Hall–Kier alpha value is -3.03. The van der Waals surface area contributed by atoms with Gasteiger partial charge in [0, 0.05) is 9.80 Å². The van der Waals surface area contributed by atoms with Gasteiger partial charge in [0.25, 0.3) is 47.9 Å². The molecule has 0 unspecified atom stereocenters. The number of carbonyl (C=O) groups is 1. The van der Waals surface area contributed by atoms with Gasteiger partial charge < -0.3 is 15.2 Å². The Morgan fingerprint density at radius 1 is 1.00 bits per heavy atom. The van der Waals surface area contributed by atoms with Gasteiger partial charge >= 0.3 is 5.97 Å². The van der Waals surface area contributed by atoms with Crippen LogP contribution in [0.1, 0.15) is 0 Å². The maximum Gasteiger partial charge on any atom is 0.351 e. The number of rotatable bonds is 4. The van der Waals surface area contributed by atoms with Gasteiger partial charge in [0.2, 0.25) is 5.57 Å². The van der Waals surface area contributed by atoms with E-state index in [-0.39, 0.29) is 0 Å². The van der Waals surface area contributed by atoms with Crippen LogP contribution in [0, 0.1) is 20.5 Å². The number of carbonyl (C=O) groups excluding carboxylic acids is 1. The second-order valence-corrected chi connectivity index (χ2v) is 7.66. The fourth-order valence-electron chi connectivity index (χ4n) is 2.29. The van der Waals surface area contributed by atoms with Gasteiger partial charge in [-0.05, 0) is 0 Å². The highest BCUT2D eigenvalue weighted by molar-refractivity contribution is 7.89. The van der Waals surface area contributed by atoms with Gasteiger partial charge in [-0.3, -0.25) is 29.6 Å². The van der Waals surface area contributed by atoms with Gasteiger partial charge in [-0.2, -0.15) is 16.8 Å². The van der Waals surface area contributed by atoms with E-state index < -0.39 is 74.1 Å². The van der Waals surface area contributed by atoms with Crippen LogP contribution in [-0.2, 0) is 29.8 Å². The van der Waals surface area contributed by atoms with E-state index in [0.717, 1.165) is 0 Å². The SMILES string of the molecule is COC(=O)C1=C([N+](=O)[O-])[C@H](S(=O)(=O)O)/C(=[N+](\[O-])O)[C@@H](S(=O)(=O)O)/C1=[N+](/[O-])O. The molecule has 0 bridgehead atoms. The van der Waals surface area contributed by atoms with Gasteiger partial charge in [0.1, 0.15) is 0 Å². The maximum atomic E-state index is 11.8. The average molecular weight is 435 g/mol. The van der Waals surface area contributed by atoms with E-state index in [1.165, 1.54) is 0 Å². The van der Waals surface area contributed by atoms with Crippen molar-refractivity contribution < 1.29 is 60.6 Å². The van der Waals surface area contributed by atoms with Crippen LogP contribution in [0.25, 0.3) is 0 Å². The first-order valence-electron chi connectivity index (χ1n) is 6.03. The summed E-state index contributed by atoms with van der Waals surface area (Å²) in [7, 11) is -11.2. The zero-order valence-electron chi connectivity index (χ0n) is 12.7. The van der Waals surface area contributed by atoms with Gasteiger partial charge in [-0.1, -0.05) is 0 Å². The van der Waals surface area contributed by atoms with Crippen LogP contribution in [0.3, 0.4) is 0 Å². The number of ether oxygens (including phenoxy) is 1. The molecular formula is C8H9N3O14S2. The predicted octanol–water partition coefficient (Wildman–Crippen LogP) is -3.10. The van der Waals surface area contributed by atoms with Crippen LogP contribution in [0.4, 0.5) is 0 Å². The van der Waals surface area contributed by atoms with E-state index in [1.807, 2.05) is 0 Å². The molecule has 19 heteroatoms. The van der Waals surface area contributed by atoms with Crippen molar-refractivity contribution in [3.63, 3.8) is 0 Å². The van der Waals surface area contributed by atoms with Gasteiger partial charge in [-0.15, -0.1) is 0 Å². The Balaban J connectivity index is 4.44. The van der Waals surface area contributed by atoms with Crippen LogP contribution in [0.15, 0.2) is 11.3 Å². The maximum absolute atomic E-state index is 11.8. The number of methoxy groups -OCH3 is 1. The Labute approximate surface area is 148 Å². The summed E-state index contributed by atoms with van der Waals surface area (Å²) in [6.07, 6.45) is 0. The fraction of sp³-hybridized carbons (Fsp3) is 0.375. The molecule has 0 spiro atoms. The van der Waals surface area contributed by atoms with Gasteiger partial charge in [0.05, 0.1) is 12.0 Å². The second-order valence-electron chi connectivity index (χ2n) is 4.65. The van der Waals surface area contributed by atoms with Crippen molar-refractivity contribution in [3.8, 4) is 0 Å². The molecule has 0 aliphatic heterocycles. The molecule has 0 aromatic rings. The topological polar surface area (TPSA) is 271 Å². The van der Waals surface area contributed by atoms with E-state index in [9.17, 15) is 51.3 Å². The summed E-state index contributed by atoms with van der Waals surface area (Å²) in [6.45, 7) is 0. The highest BCUT2D eigenvalue weighted by Crippen LogP contribution is 2.31. The van der Waals surface area contributed by atoms with Gasteiger partial charge in [-0.25, -0.2) is 4.79 Å². The number of nitro groups is 1. The standard InChI is InChI=1S/C8H9N3O14S2/c1-25-8(12)2-3(9(13)14)6(26(19,20)21)5(11(17)18)7(27(22,23)24)4(2)10(15)16/h6-7H,1H3,(H,13,14)(H,17,18)(H,19,20,21)(H,22,23,24)/t6-,7-/m0/s1. The Morgan fingerprint density at radius 3 is 1.70 bits per heavy atom. The minimum atomic E-state index is -5.87. The van der Waals surface area contributed by atoms with Crippen molar-refractivity contribution >= 4 is 37.6 Å². The molecule has 0 aromatic carbocycles. The summed E-state index contributed by atoms with van der Waals surface area (Å²) in [5.74, 6) is -1.96. The largest absolute Gasteiger partial charge is 0.465 e. The van der Waals surface area contributed by atoms with E-state index in [4.69, 9.17) is 10.4 Å². The second kappa shape index (κ2) is 6.94. The summed E-state index contributed by atoms with van der Waals surface area (Å²) in [4.78, 5) is 18.3. The van der Waals surface area contributed by atoms with E-state index in [2.05, 4.69) is 4.74 Å². The molecule has 0 saturated carbocycles. The minimum absolute atomic E-state index is 0.549. The zero-order valence-corrected chi connectivity index (χ0v) is 14.3. The molecule has 0 aromatic heterocycles. The minimum Gasteiger partial charge on any atom is -0.465 e. The van der Waals surface area contributed by atoms with Crippen LogP contribution in [0.2, 0.25) is 0 Å². The van der Waals surface area contributed by atoms with Crippen LogP contribution in [0.5, 0.6) is 0 Å². The zero-order chi connectivity index (χ0) is 21.5. The molecular weight excluding hydrogens is 426 g/mol. The lowest BCUT2D eigenvalue weighted by Gasteiger charge is -2.22. The van der Waals surface area contributed by atoms with Crippen molar-refractivity contribution in [2.75, 3.05) is 7.11 Å². The van der Waals surface area contributed by atoms with Crippen molar-refractivity contribution in [2.24, 2.45) is 0 Å². The highest BCUT2D eigenvalue weighted by Gasteiger charge is 2.66. The summed E-state index contributed by atoms with van der Waals surface area (Å²) in [5.41, 5.74) is -7.86. The van der Waals surface area contributed by atoms with Crippen LogP contribution in [-0.4, -0.2) is 86.1 Å². The summed E-state index contributed by atoms with van der Waals surface area (Å²) >= 11 is 0. The molecule has 0 saturated heterocycles. The van der Waals surface area contributed by atoms with Crippen molar-refractivity contribution in [1.29, 1.82) is 0 Å². The molecule has 0 amide bonds.